The number of carbonyl (C=O) groups excluding carboxylic acids is 1. The van der Waals surface area contributed by atoms with E-state index in [9.17, 15) is 4.79 Å². The lowest BCUT2D eigenvalue weighted by Gasteiger charge is -2.08. The summed E-state index contributed by atoms with van der Waals surface area (Å²) < 4.78 is 1.73. The fourth-order valence-corrected chi connectivity index (χ4v) is 1.65. The fraction of sp³-hybridized carbons (Fsp3) is 0.667. The summed E-state index contributed by atoms with van der Waals surface area (Å²) in [7, 11) is 0. The molecule has 0 saturated carbocycles. The number of nitrogens with one attached hydrogen (secondary N) is 1. The Kier molecular flexibility index (Phi) is 2.68. The van der Waals surface area contributed by atoms with Gasteiger partial charge in [0.15, 0.2) is 0 Å². The first kappa shape index (κ1) is 10.1. The molecule has 6 heteroatoms. The number of hydrogen-bond donors (Lipinski definition) is 2. The monoisotopic (exact) mass is 209 g/mol. The highest BCUT2D eigenvalue weighted by Crippen LogP contribution is 2.09. The molecular weight excluding hydrogens is 194 g/mol. The first-order valence-electron chi connectivity index (χ1n) is 5.10. The molecule has 1 aromatic rings. The third kappa shape index (κ3) is 2.33. The zero-order valence-corrected chi connectivity index (χ0v) is 8.68. The van der Waals surface area contributed by atoms with E-state index in [1.165, 1.54) is 0 Å². The maximum Gasteiger partial charge on any atom is 0.220 e. The van der Waals surface area contributed by atoms with Gasteiger partial charge in [-0.05, 0) is 13.3 Å². The Bertz CT molecular complexity index is 359. The molecule has 1 fully saturated rings. The molecule has 3 N–H and O–H groups in total. The number of hydrogen-bond acceptors (Lipinski definition) is 4. The molecule has 2 heterocycles. The molecule has 2 rings (SSSR count). The lowest BCUT2D eigenvalue weighted by atomic mass is 10.2. The molecule has 1 saturated heterocycles. The summed E-state index contributed by atoms with van der Waals surface area (Å²) in [4.78, 5) is 11.0. The van der Waals surface area contributed by atoms with E-state index in [1.807, 2.05) is 13.1 Å². The van der Waals surface area contributed by atoms with Crippen LogP contribution in [0.25, 0.3) is 0 Å². The van der Waals surface area contributed by atoms with Gasteiger partial charge in [-0.3, -0.25) is 9.48 Å². The van der Waals surface area contributed by atoms with Crippen LogP contribution in [0.2, 0.25) is 0 Å². The Balaban J connectivity index is 1.96. The summed E-state index contributed by atoms with van der Waals surface area (Å²) in [5, 5.41) is 10.8. The first-order valence-corrected chi connectivity index (χ1v) is 5.10. The van der Waals surface area contributed by atoms with Gasteiger partial charge in [0, 0.05) is 18.5 Å². The summed E-state index contributed by atoms with van der Waals surface area (Å²) >= 11 is 0. The average Bonchev–Trinajstić information content (AvgIpc) is 2.76. The Morgan fingerprint density at radius 3 is 3.13 bits per heavy atom. The van der Waals surface area contributed by atoms with Crippen molar-refractivity contribution < 1.29 is 4.79 Å². The third-order valence-electron chi connectivity index (χ3n) is 2.52. The minimum absolute atomic E-state index is 0.100. The van der Waals surface area contributed by atoms with Crippen molar-refractivity contribution in [2.75, 3.05) is 0 Å². The van der Waals surface area contributed by atoms with Gasteiger partial charge in [0.05, 0.1) is 18.4 Å². The second-order valence-corrected chi connectivity index (χ2v) is 3.96. The van der Waals surface area contributed by atoms with Gasteiger partial charge >= 0.3 is 0 Å². The van der Waals surface area contributed by atoms with E-state index in [-0.39, 0.29) is 18.0 Å². The molecule has 2 atom stereocenters. The largest absolute Gasteiger partial charge is 0.351 e. The van der Waals surface area contributed by atoms with E-state index in [4.69, 9.17) is 5.73 Å². The molecule has 1 aliphatic rings. The van der Waals surface area contributed by atoms with E-state index in [0.29, 0.717) is 13.0 Å². The molecule has 2 unspecified atom stereocenters. The maximum absolute atomic E-state index is 11.0. The molecule has 0 bridgehead atoms. The summed E-state index contributed by atoms with van der Waals surface area (Å²) in [6.07, 6.45) is 3.31. The Morgan fingerprint density at radius 1 is 1.80 bits per heavy atom. The molecule has 1 aliphatic heterocycles. The number of nitrogens with zero attached hydrogens (tertiary/aromatic N) is 3. The van der Waals surface area contributed by atoms with E-state index in [0.717, 1.165) is 12.1 Å². The smallest absolute Gasteiger partial charge is 0.220 e. The third-order valence-corrected chi connectivity index (χ3v) is 2.52. The second-order valence-electron chi connectivity index (χ2n) is 3.96. The molecule has 0 aliphatic carbocycles. The number of amides is 1. The lowest BCUT2D eigenvalue weighted by Crippen LogP contribution is -2.29. The van der Waals surface area contributed by atoms with Gasteiger partial charge < -0.3 is 11.1 Å². The van der Waals surface area contributed by atoms with Gasteiger partial charge in [-0.2, -0.15) is 0 Å². The van der Waals surface area contributed by atoms with Crippen molar-refractivity contribution in [2.24, 2.45) is 5.73 Å². The molecule has 82 valence electrons. The Morgan fingerprint density at radius 2 is 2.60 bits per heavy atom. The summed E-state index contributed by atoms with van der Waals surface area (Å²) in [6, 6.07) is 0.0806. The van der Waals surface area contributed by atoms with Crippen molar-refractivity contribution >= 4 is 5.91 Å². The first-order chi connectivity index (χ1) is 7.15. The Hall–Kier alpha value is -1.43. The SMILES string of the molecule is CC(N)c1cn(CC2CCC(=O)N2)nn1. The number of rotatable bonds is 3. The summed E-state index contributed by atoms with van der Waals surface area (Å²) in [5.41, 5.74) is 6.45. The van der Waals surface area contributed by atoms with E-state index in [1.54, 1.807) is 4.68 Å². The zero-order chi connectivity index (χ0) is 10.8. The van der Waals surface area contributed by atoms with Crippen molar-refractivity contribution in [3.8, 4) is 0 Å². The van der Waals surface area contributed by atoms with Crippen LogP contribution < -0.4 is 11.1 Å². The zero-order valence-electron chi connectivity index (χ0n) is 8.68. The van der Waals surface area contributed by atoms with Gasteiger partial charge in [-0.15, -0.1) is 5.10 Å². The molecule has 0 spiro atoms. The molecule has 1 aromatic heterocycles. The van der Waals surface area contributed by atoms with Crippen LogP contribution in [0.1, 0.15) is 31.5 Å². The topological polar surface area (TPSA) is 85.8 Å². The van der Waals surface area contributed by atoms with Crippen LogP contribution >= 0.6 is 0 Å². The molecule has 15 heavy (non-hydrogen) atoms. The predicted molar refractivity (Wildman–Crippen MR) is 53.8 cm³/mol. The highest BCUT2D eigenvalue weighted by molar-refractivity contribution is 5.78. The van der Waals surface area contributed by atoms with Gasteiger partial charge in [-0.1, -0.05) is 5.21 Å². The Labute approximate surface area is 87.8 Å². The molecule has 0 aromatic carbocycles. The van der Waals surface area contributed by atoms with E-state index in [2.05, 4.69) is 15.6 Å². The quantitative estimate of drug-likeness (QED) is 0.707. The fourth-order valence-electron chi connectivity index (χ4n) is 1.65. The summed E-state index contributed by atoms with van der Waals surface area (Å²) in [5.74, 6) is 0.118. The van der Waals surface area contributed by atoms with E-state index >= 15 is 0 Å². The van der Waals surface area contributed by atoms with Crippen molar-refractivity contribution in [2.45, 2.75) is 38.4 Å². The number of aromatic nitrogens is 3. The number of nitrogens with two attached hydrogens (primary N) is 1. The van der Waals surface area contributed by atoms with Crippen LogP contribution in [0.5, 0.6) is 0 Å². The average molecular weight is 209 g/mol. The maximum atomic E-state index is 11.0. The van der Waals surface area contributed by atoms with Crippen molar-refractivity contribution in [1.82, 2.24) is 20.3 Å². The van der Waals surface area contributed by atoms with Crippen LogP contribution in [0.15, 0.2) is 6.20 Å². The molecule has 0 radical (unpaired) electrons. The van der Waals surface area contributed by atoms with Crippen LogP contribution in [-0.2, 0) is 11.3 Å². The minimum atomic E-state index is -0.100. The second kappa shape index (κ2) is 3.98. The number of carbonyl (C=O) groups is 1. The predicted octanol–water partition coefficient (Wildman–Crippen LogP) is -0.424. The van der Waals surface area contributed by atoms with Gasteiger partial charge in [0.25, 0.3) is 0 Å². The van der Waals surface area contributed by atoms with Gasteiger partial charge in [-0.25, -0.2) is 0 Å². The standard InChI is InChI=1S/C9H15N5O/c1-6(10)8-5-14(13-12-8)4-7-2-3-9(15)11-7/h5-7H,2-4,10H2,1H3,(H,11,15). The molecule has 1 amide bonds. The van der Waals surface area contributed by atoms with Crippen molar-refractivity contribution in [3.63, 3.8) is 0 Å². The van der Waals surface area contributed by atoms with Crippen LogP contribution in [0.4, 0.5) is 0 Å². The van der Waals surface area contributed by atoms with E-state index < -0.39 is 0 Å². The normalized spacial score (nSPS) is 22.8. The minimum Gasteiger partial charge on any atom is -0.351 e. The van der Waals surface area contributed by atoms with Gasteiger partial charge in [0.2, 0.25) is 5.91 Å². The van der Waals surface area contributed by atoms with Crippen molar-refractivity contribution in [1.29, 1.82) is 0 Å². The van der Waals surface area contributed by atoms with Crippen molar-refractivity contribution in [3.05, 3.63) is 11.9 Å². The molecule has 6 nitrogen and oxygen atoms in total. The lowest BCUT2D eigenvalue weighted by molar-refractivity contribution is -0.119. The van der Waals surface area contributed by atoms with Crippen LogP contribution in [-0.4, -0.2) is 26.9 Å². The van der Waals surface area contributed by atoms with Gasteiger partial charge in [0.1, 0.15) is 0 Å². The molecular formula is C9H15N5O. The highest BCUT2D eigenvalue weighted by Gasteiger charge is 2.21. The summed E-state index contributed by atoms with van der Waals surface area (Å²) in [6.45, 7) is 2.54. The van der Waals surface area contributed by atoms with Crippen LogP contribution in [0.3, 0.4) is 0 Å². The van der Waals surface area contributed by atoms with Crippen LogP contribution in [0, 0.1) is 0 Å². The highest BCUT2D eigenvalue weighted by atomic mass is 16.1.